The van der Waals surface area contributed by atoms with E-state index in [1.165, 1.54) is 0 Å². The maximum Gasteiger partial charge on any atom is 0.306 e. The zero-order valence-corrected chi connectivity index (χ0v) is 11.2. The average molecular weight is 256 g/mol. The van der Waals surface area contributed by atoms with Crippen LogP contribution in [-0.2, 0) is 9.59 Å². The minimum Gasteiger partial charge on any atom is -0.481 e. The van der Waals surface area contributed by atoms with E-state index in [2.05, 4.69) is 5.32 Å². The second-order valence-electron chi connectivity index (χ2n) is 5.48. The van der Waals surface area contributed by atoms with Gasteiger partial charge in [-0.3, -0.25) is 9.59 Å². The van der Waals surface area contributed by atoms with Crippen LogP contribution in [0.4, 0.5) is 0 Å². The van der Waals surface area contributed by atoms with Crippen LogP contribution in [0.2, 0.25) is 0 Å². The Balaban J connectivity index is 2.46. The standard InChI is InChI=1S/C13H24N2O3/c1-3-13(2,8-14)12(18)15-10-6-4-9(5-7-10)11(16)17/h9-10H,3-8,14H2,1-2H3,(H,15,18)(H,16,17). The highest BCUT2D eigenvalue weighted by atomic mass is 16.4. The molecule has 0 aliphatic heterocycles. The number of amides is 1. The Morgan fingerprint density at radius 3 is 2.28 bits per heavy atom. The topological polar surface area (TPSA) is 92.4 Å². The van der Waals surface area contributed by atoms with E-state index < -0.39 is 11.4 Å². The summed E-state index contributed by atoms with van der Waals surface area (Å²) < 4.78 is 0. The summed E-state index contributed by atoms with van der Waals surface area (Å²) in [4.78, 5) is 22.9. The molecule has 18 heavy (non-hydrogen) atoms. The highest BCUT2D eigenvalue weighted by Crippen LogP contribution is 2.26. The highest BCUT2D eigenvalue weighted by molar-refractivity contribution is 5.82. The number of carboxylic acid groups (broad SMARTS) is 1. The molecule has 0 heterocycles. The number of rotatable bonds is 5. The van der Waals surface area contributed by atoms with Gasteiger partial charge in [0.1, 0.15) is 0 Å². The molecule has 104 valence electrons. The van der Waals surface area contributed by atoms with Crippen LogP contribution in [0, 0.1) is 11.3 Å². The van der Waals surface area contributed by atoms with Gasteiger partial charge in [0.15, 0.2) is 0 Å². The van der Waals surface area contributed by atoms with Crippen LogP contribution < -0.4 is 11.1 Å². The highest BCUT2D eigenvalue weighted by Gasteiger charge is 2.33. The summed E-state index contributed by atoms with van der Waals surface area (Å²) in [6.07, 6.45) is 3.48. The molecule has 1 unspecified atom stereocenters. The second-order valence-corrected chi connectivity index (χ2v) is 5.48. The van der Waals surface area contributed by atoms with E-state index in [0.29, 0.717) is 25.8 Å². The molecule has 1 fully saturated rings. The number of hydrogen-bond donors (Lipinski definition) is 3. The average Bonchev–Trinajstić information content (AvgIpc) is 2.38. The van der Waals surface area contributed by atoms with Gasteiger partial charge in [-0.2, -0.15) is 0 Å². The van der Waals surface area contributed by atoms with Crippen molar-refractivity contribution < 1.29 is 14.7 Å². The van der Waals surface area contributed by atoms with Crippen molar-refractivity contribution in [2.45, 2.75) is 52.0 Å². The summed E-state index contributed by atoms with van der Waals surface area (Å²) in [7, 11) is 0. The van der Waals surface area contributed by atoms with E-state index in [1.807, 2.05) is 13.8 Å². The Morgan fingerprint density at radius 1 is 1.33 bits per heavy atom. The summed E-state index contributed by atoms with van der Waals surface area (Å²) in [5, 5.41) is 11.9. The normalized spacial score (nSPS) is 27.3. The summed E-state index contributed by atoms with van der Waals surface area (Å²) in [5.74, 6) is -0.975. The molecule has 0 aromatic rings. The monoisotopic (exact) mass is 256 g/mol. The molecule has 5 heteroatoms. The van der Waals surface area contributed by atoms with Gasteiger partial charge < -0.3 is 16.2 Å². The lowest BCUT2D eigenvalue weighted by molar-refractivity contribution is -0.142. The minimum atomic E-state index is -0.722. The molecule has 4 N–H and O–H groups in total. The number of hydrogen-bond acceptors (Lipinski definition) is 3. The van der Waals surface area contributed by atoms with Crippen molar-refractivity contribution >= 4 is 11.9 Å². The first-order valence-corrected chi connectivity index (χ1v) is 6.66. The van der Waals surface area contributed by atoms with Crippen molar-refractivity contribution in [3.8, 4) is 0 Å². The van der Waals surface area contributed by atoms with Crippen molar-refractivity contribution in [2.24, 2.45) is 17.1 Å². The lowest BCUT2D eigenvalue weighted by Crippen LogP contribution is -2.48. The van der Waals surface area contributed by atoms with Crippen LogP contribution in [0.1, 0.15) is 46.0 Å². The summed E-state index contributed by atoms with van der Waals surface area (Å²) in [6, 6.07) is 0.102. The lowest BCUT2D eigenvalue weighted by atomic mass is 9.83. The SMILES string of the molecule is CCC(C)(CN)C(=O)NC1CCC(C(=O)O)CC1. The zero-order valence-electron chi connectivity index (χ0n) is 11.2. The van der Waals surface area contributed by atoms with Crippen molar-refractivity contribution in [3.63, 3.8) is 0 Å². The van der Waals surface area contributed by atoms with E-state index in [9.17, 15) is 9.59 Å². The van der Waals surface area contributed by atoms with Crippen molar-refractivity contribution in [1.82, 2.24) is 5.32 Å². The summed E-state index contributed by atoms with van der Waals surface area (Å²) in [6.45, 7) is 4.15. The Kier molecular flexibility index (Phi) is 5.14. The number of aliphatic carboxylic acids is 1. The molecule has 1 aliphatic carbocycles. The van der Waals surface area contributed by atoms with Gasteiger partial charge in [-0.05, 0) is 39.0 Å². The fourth-order valence-electron chi connectivity index (χ4n) is 2.24. The Labute approximate surface area is 108 Å². The number of carboxylic acids is 1. The predicted octanol–water partition coefficient (Wildman–Crippen LogP) is 1.12. The smallest absolute Gasteiger partial charge is 0.306 e. The number of nitrogens with one attached hydrogen (secondary N) is 1. The number of carbonyl (C=O) groups is 2. The molecule has 0 saturated heterocycles. The van der Waals surface area contributed by atoms with Crippen molar-refractivity contribution in [2.75, 3.05) is 6.54 Å². The Hall–Kier alpha value is -1.10. The number of nitrogens with two attached hydrogens (primary N) is 1. The molecule has 0 radical (unpaired) electrons. The molecule has 0 bridgehead atoms. The zero-order chi connectivity index (χ0) is 13.8. The van der Waals surface area contributed by atoms with Crippen LogP contribution in [0.5, 0.6) is 0 Å². The molecule has 0 spiro atoms. The van der Waals surface area contributed by atoms with Gasteiger partial charge in [0.2, 0.25) is 5.91 Å². The van der Waals surface area contributed by atoms with Gasteiger partial charge in [0.25, 0.3) is 0 Å². The Bertz CT molecular complexity index is 305. The maximum atomic E-state index is 12.1. The van der Waals surface area contributed by atoms with E-state index in [0.717, 1.165) is 12.8 Å². The summed E-state index contributed by atoms with van der Waals surface area (Å²) >= 11 is 0. The number of carbonyl (C=O) groups excluding carboxylic acids is 1. The van der Waals surface area contributed by atoms with Crippen LogP contribution in [0.25, 0.3) is 0 Å². The van der Waals surface area contributed by atoms with Gasteiger partial charge in [0.05, 0.1) is 11.3 Å². The molecular formula is C13H24N2O3. The fraction of sp³-hybridized carbons (Fsp3) is 0.846. The third-order valence-corrected chi connectivity index (χ3v) is 4.19. The molecule has 1 saturated carbocycles. The van der Waals surface area contributed by atoms with Crippen LogP contribution in [0.15, 0.2) is 0 Å². The molecule has 1 amide bonds. The van der Waals surface area contributed by atoms with E-state index in [4.69, 9.17) is 10.8 Å². The van der Waals surface area contributed by atoms with Crippen LogP contribution in [0.3, 0.4) is 0 Å². The molecule has 5 nitrogen and oxygen atoms in total. The first-order valence-electron chi connectivity index (χ1n) is 6.66. The fourth-order valence-corrected chi connectivity index (χ4v) is 2.24. The van der Waals surface area contributed by atoms with Gasteiger partial charge in [-0.25, -0.2) is 0 Å². The quantitative estimate of drug-likeness (QED) is 0.687. The van der Waals surface area contributed by atoms with Gasteiger partial charge in [-0.1, -0.05) is 6.92 Å². The minimum absolute atomic E-state index is 0.00808. The van der Waals surface area contributed by atoms with E-state index in [-0.39, 0.29) is 17.9 Å². The molecule has 1 aliphatic rings. The van der Waals surface area contributed by atoms with E-state index >= 15 is 0 Å². The second kappa shape index (κ2) is 6.18. The van der Waals surface area contributed by atoms with Gasteiger partial charge >= 0.3 is 5.97 Å². The molecule has 1 atom stereocenters. The first kappa shape index (κ1) is 15.0. The van der Waals surface area contributed by atoms with Gasteiger partial charge in [0, 0.05) is 12.6 Å². The van der Waals surface area contributed by atoms with Crippen molar-refractivity contribution in [3.05, 3.63) is 0 Å². The first-order chi connectivity index (χ1) is 8.42. The van der Waals surface area contributed by atoms with E-state index in [1.54, 1.807) is 0 Å². The Morgan fingerprint density at radius 2 is 1.89 bits per heavy atom. The summed E-state index contributed by atoms with van der Waals surface area (Å²) in [5.41, 5.74) is 5.14. The van der Waals surface area contributed by atoms with Crippen molar-refractivity contribution in [1.29, 1.82) is 0 Å². The predicted molar refractivity (Wildman–Crippen MR) is 69.0 cm³/mol. The largest absolute Gasteiger partial charge is 0.481 e. The third kappa shape index (κ3) is 3.45. The third-order valence-electron chi connectivity index (χ3n) is 4.19. The molecular weight excluding hydrogens is 232 g/mol. The molecule has 0 aromatic carbocycles. The molecule has 0 aromatic heterocycles. The van der Waals surface area contributed by atoms with Gasteiger partial charge in [-0.15, -0.1) is 0 Å². The lowest BCUT2D eigenvalue weighted by Gasteiger charge is -2.31. The maximum absolute atomic E-state index is 12.1. The molecule has 1 rings (SSSR count). The van der Waals surface area contributed by atoms with Crippen LogP contribution >= 0.6 is 0 Å². The van der Waals surface area contributed by atoms with Crippen LogP contribution in [-0.4, -0.2) is 29.6 Å².